The van der Waals surface area contributed by atoms with E-state index in [9.17, 15) is 8.42 Å². The van der Waals surface area contributed by atoms with Crippen LogP contribution in [0.3, 0.4) is 0 Å². The molecule has 0 radical (unpaired) electrons. The Morgan fingerprint density at radius 3 is 2.57 bits per heavy atom. The molecule has 0 saturated carbocycles. The van der Waals surface area contributed by atoms with Gasteiger partial charge in [-0.2, -0.15) is 0 Å². The summed E-state index contributed by atoms with van der Waals surface area (Å²) < 4.78 is 32.0. The van der Waals surface area contributed by atoms with Crippen molar-refractivity contribution in [2.24, 2.45) is 5.73 Å². The Morgan fingerprint density at radius 1 is 1.29 bits per heavy atom. The molecule has 0 saturated heterocycles. The highest BCUT2D eigenvalue weighted by atomic mass is 32.2. The molecular formula is C14H19N3O3S. The molecule has 0 atom stereocenters. The zero-order chi connectivity index (χ0) is 15.3. The summed E-state index contributed by atoms with van der Waals surface area (Å²) in [5, 5.41) is 0. The van der Waals surface area contributed by atoms with Crippen LogP contribution in [0.2, 0.25) is 0 Å². The number of oxazole rings is 1. The minimum Gasteiger partial charge on any atom is -0.445 e. The lowest BCUT2D eigenvalue weighted by molar-refractivity contribution is 0.463. The molecule has 21 heavy (non-hydrogen) atoms. The molecule has 0 aliphatic heterocycles. The Labute approximate surface area is 124 Å². The van der Waals surface area contributed by atoms with Crippen molar-refractivity contribution < 1.29 is 12.8 Å². The average Bonchev–Trinajstić information content (AvgIpc) is 2.89. The van der Waals surface area contributed by atoms with Gasteiger partial charge in [-0.05, 0) is 44.0 Å². The second-order valence-electron chi connectivity index (χ2n) is 4.73. The molecule has 2 rings (SSSR count). The van der Waals surface area contributed by atoms with Crippen LogP contribution in [0.1, 0.15) is 23.6 Å². The Hall–Kier alpha value is -1.70. The van der Waals surface area contributed by atoms with Crippen LogP contribution in [0.15, 0.2) is 39.8 Å². The first kappa shape index (κ1) is 15.7. The summed E-state index contributed by atoms with van der Waals surface area (Å²) in [4.78, 5) is 4.18. The average molecular weight is 309 g/mol. The van der Waals surface area contributed by atoms with E-state index in [1.54, 1.807) is 37.4 Å². The van der Waals surface area contributed by atoms with Gasteiger partial charge < -0.3 is 10.2 Å². The van der Waals surface area contributed by atoms with Crippen molar-refractivity contribution in [2.45, 2.75) is 31.2 Å². The SMILES string of the molecule is Cc1cnc(CNS(=O)(=O)c2ccc(CCCN)cc2)o1. The fourth-order valence-corrected chi connectivity index (χ4v) is 2.84. The van der Waals surface area contributed by atoms with Gasteiger partial charge in [0.15, 0.2) is 0 Å². The number of rotatable bonds is 7. The lowest BCUT2D eigenvalue weighted by Gasteiger charge is -2.06. The molecule has 0 amide bonds. The first-order valence-electron chi connectivity index (χ1n) is 6.71. The molecule has 0 bridgehead atoms. The van der Waals surface area contributed by atoms with Crippen LogP contribution < -0.4 is 10.5 Å². The maximum Gasteiger partial charge on any atom is 0.241 e. The van der Waals surface area contributed by atoms with Gasteiger partial charge >= 0.3 is 0 Å². The second-order valence-corrected chi connectivity index (χ2v) is 6.49. The van der Waals surface area contributed by atoms with Crippen molar-refractivity contribution in [1.82, 2.24) is 9.71 Å². The van der Waals surface area contributed by atoms with Crippen molar-refractivity contribution in [3.63, 3.8) is 0 Å². The van der Waals surface area contributed by atoms with E-state index in [4.69, 9.17) is 10.2 Å². The number of nitrogens with one attached hydrogen (secondary N) is 1. The van der Waals surface area contributed by atoms with Gasteiger partial charge in [0.1, 0.15) is 5.76 Å². The largest absolute Gasteiger partial charge is 0.445 e. The first-order valence-corrected chi connectivity index (χ1v) is 8.19. The molecule has 1 heterocycles. The number of aromatic nitrogens is 1. The molecular weight excluding hydrogens is 290 g/mol. The first-order chi connectivity index (χ1) is 10.0. The fourth-order valence-electron chi connectivity index (χ4n) is 1.86. The van der Waals surface area contributed by atoms with Crippen molar-refractivity contribution in [2.75, 3.05) is 6.54 Å². The van der Waals surface area contributed by atoms with Crippen LogP contribution >= 0.6 is 0 Å². The van der Waals surface area contributed by atoms with Gasteiger partial charge in [-0.3, -0.25) is 0 Å². The lowest BCUT2D eigenvalue weighted by atomic mass is 10.1. The molecule has 0 aliphatic carbocycles. The van der Waals surface area contributed by atoms with Gasteiger partial charge in [0.25, 0.3) is 0 Å². The number of aryl methyl sites for hydroxylation is 2. The summed E-state index contributed by atoms with van der Waals surface area (Å²) >= 11 is 0. The quantitative estimate of drug-likeness (QED) is 0.804. The molecule has 1 aromatic carbocycles. The van der Waals surface area contributed by atoms with Crippen LogP contribution in [-0.4, -0.2) is 19.9 Å². The second kappa shape index (κ2) is 6.84. The van der Waals surface area contributed by atoms with Crippen LogP contribution in [-0.2, 0) is 23.0 Å². The highest BCUT2D eigenvalue weighted by Gasteiger charge is 2.14. The van der Waals surface area contributed by atoms with Crippen molar-refractivity contribution >= 4 is 10.0 Å². The predicted octanol–water partition coefficient (Wildman–Crippen LogP) is 1.35. The highest BCUT2D eigenvalue weighted by Crippen LogP contribution is 2.12. The van der Waals surface area contributed by atoms with E-state index in [1.165, 1.54) is 0 Å². The maximum atomic E-state index is 12.1. The molecule has 0 fully saturated rings. The summed E-state index contributed by atoms with van der Waals surface area (Å²) in [5.74, 6) is 0.990. The summed E-state index contributed by atoms with van der Waals surface area (Å²) in [7, 11) is -3.56. The number of benzene rings is 1. The number of nitrogens with two attached hydrogens (primary N) is 1. The number of hydrogen-bond donors (Lipinski definition) is 2. The molecule has 2 aromatic rings. The zero-order valence-electron chi connectivity index (χ0n) is 11.9. The van der Waals surface area contributed by atoms with Crippen LogP contribution in [0.25, 0.3) is 0 Å². The molecule has 114 valence electrons. The third kappa shape index (κ3) is 4.38. The minimum atomic E-state index is -3.56. The maximum absolute atomic E-state index is 12.1. The highest BCUT2D eigenvalue weighted by molar-refractivity contribution is 7.89. The number of sulfonamides is 1. The van der Waals surface area contributed by atoms with Crippen LogP contribution in [0.4, 0.5) is 0 Å². The van der Waals surface area contributed by atoms with E-state index in [0.717, 1.165) is 18.4 Å². The topological polar surface area (TPSA) is 98.2 Å². The molecule has 7 heteroatoms. The van der Waals surface area contributed by atoms with E-state index in [2.05, 4.69) is 9.71 Å². The zero-order valence-corrected chi connectivity index (χ0v) is 12.7. The third-order valence-electron chi connectivity index (χ3n) is 2.99. The van der Waals surface area contributed by atoms with E-state index in [-0.39, 0.29) is 11.4 Å². The van der Waals surface area contributed by atoms with Gasteiger partial charge in [-0.15, -0.1) is 0 Å². The summed E-state index contributed by atoms with van der Waals surface area (Å²) in [6, 6.07) is 6.79. The van der Waals surface area contributed by atoms with Gasteiger partial charge in [0.05, 0.1) is 17.6 Å². The van der Waals surface area contributed by atoms with Gasteiger partial charge in [0, 0.05) is 0 Å². The van der Waals surface area contributed by atoms with Gasteiger partial charge in [-0.1, -0.05) is 12.1 Å². The Balaban J connectivity index is 2.01. The lowest BCUT2D eigenvalue weighted by Crippen LogP contribution is -2.23. The van der Waals surface area contributed by atoms with Crippen LogP contribution in [0, 0.1) is 6.92 Å². The molecule has 0 unspecified atom stereocenters. The molecule has 0 aliphatic rings. The van der Waals surface area contributed by atoms with Gasteiger partial charge in [-0.25, -0.2) is 18.1 Å². The van der Waals surface area contributed by atoms with E-state index >= 15 is 0 Å². The molecule has 1 aromatic heterocycles. The van der Waals surface area contributed by atoms with E-state index < -0.39 is 10.0 Å². The Kier molecular flexibility index (Phi) is 5.11. The molecule has 6 nitrogen and oxygen atoms in total. The Bertz CT molecular complexity index is 678. The molecule has 3 N–H and O–H groups in total. The van der Waals surface area contributed by atoms with Gasteiger partial charge in [0.2, 0.25) is 15.9 Å². The minimum absolute atomic E-state index is 0.0328. The normalized spacial score (nSPS) is 11.7. The Morgan fingerprint density at radius 2 is 2.00 bits per heavy atom. The van der Waals surface area contributed by atoms with Crippen molar-refractivity contribution in [3.8, 4) is 0 Å². The summed E-state index contributed by atoms with van der Waals surface area (Å²) in [6.45, 7) is 2.41. The van der Waals surface area contributed by atoms with Crippen LogP contribution in [0.5, 0.6) is 0 Å². The standard InChI is InChI=1S/C14H19N3O3S/c1-11-9-16-14(20-11)10-17-21(18,19)13-6-4-12(5-7-13)3-2-8-15/h4-7,9,17H,2-3,8,10,15H2,1H3. The van der Waals surface area contributed by atoms with E-state index in [0.29, 0.717) is 18.2 Å². The van der Waals surface area contributed by atoms with Crippen molar-refractivity contribution in [1.29, 1.82) is 0 Å². The monoisotopic (exact) mass is 309 g/mol. The summed E-state index contributed by atoms with van der Waals surface area (Å²) in [5.41, 5.74) is 6.52. The summed E-state index contributed by atoms with van der Waals surface area (Å²) in [6.07, 6.45) is 3.28. The van der Waals surface area contributed by atoms with E-state index in [1.807, 2.05) is 0 Å². The molecule has 0 spiro atoms. The smallest absolute Gasteiger partial charge is 0.241 e. The fraction of sp³-hybridized carbons (Fsp3) is 0.357. The third-order valence-corrected chi connectivity index (χ3v) is 4.40. The van der Waals surface area contributed by atoms with Crippen molar-refractivity contribution in [3.05, 3.63) is 47.7 Å². The number of hydrogen-bond acceptors (Lipinski definition) is 5. The predicted molar refractivity (Wildman–Crippen MR) is 79.1 cm³/mol. The number of nitrogens with zero attached hydrogens (tertiary/aromatic N) is 1.